The van der Waals surface area contributed by atoms with Crippen LogP contribution in [0, 0.1) is 13.8 Å². The van der Waals surface area contributed by atoms with Crippen molar-refractivity contribution in [1.82, 2.24) is 0 Å². The number of ketones is 1. The van der Waals surface area contributed by atoms with Gasteiger partial charge < -0.3 is 9.84 Å². The van der Waals surface area contributed by atoms with Gasteiger partial charge in [0.1, 0.15) is 17.6 Å². The first-order valence-corrected chi connectivity index (χ1v) is 10.4. The van der Waals surface area contributed by atoms with Crippen LogP contribution in [-0.2, 0) is 9.59 Å². The number of ether oxygens (including phenoxy) is 1. The number of amides is 1. The van der Waals surface area contributed by atoms with Crippen molar-refractivity contribution in [3.8, 4) is 5.75 Å². The van der Waals surface area contributed by atoms with Crippen LogP contribution >= 0.6 is 11.3 Å². The van der Waals surface area contributed by atoms with Crippen LogP contribution in [0.15, 0.2) is 65.6 Å². The van der Waals surface area contributed by atoms with Crippen molar-refractivity contribution < 1.29 is 19.4 Å². The zero-order chi connectivity index (χ0) is 21.4. The van der Waals surface area contributed by atoms with E-state index in [1.54, 1.807) is 24.3 Å². The van der Waals surface area contributed by atoms with Crippen molar-refractivity contribution in [3.63, 3.8) is 0 Å². The van der Waals surface area contributed by atoms with Gasteiger partial charge in [0.05, 0.1) is 12.7 Å². The van der Waals surface area contributed by atoms with Gasteiger partial charge in [0.25, 0.3) is 11.7 Å². The molecule has 1 aliphatic rings. The van der Waals surface area contributed by atoms with Gasteiger partial charge in [-0.2, -0.15) is 0 Å². The van der Waals surface area contributed by atoms with E-state index in [2.05, 4.69) is 0 Å². The number of carbonyl (C=O) groups excluding carboxylic acids is 2. The number of anilines is 1. The van der Waals surface area contributed by atoms with Gasteiger partial charge in [0.2, 0.25) is 0 Å². The summed E-state index contributed by atoms with van der Waals surface area (Å²) in [6.07, 6.45) is 0. The Hall–Kier alpha value is -3.38. The molecule has 5 nitrogen and oxygen atoms in total. The van der Waals surface area contributed by atoms with Crippen molar-refractivity contribution in [2.75, 3.05) is 12.0 Å². The number of Topliss-reactive ketones (excluding diaryl/α,β-unsaturated/α-hetero) is 1. The first-order valence-electron chi connectivity index (χ1n) is 9.48. The summed E-state index contributed by atoms with van der Waals surface area (Å²) in [4.78, 5) is 28.6. The van der Waals surface area contributed by atoms with Gasteiger partial charge in [-0.25, -0.2) is 0 Å². The summed E-state index contributed by atoms with van der Waals surface area (Å²) in [6.45, 7) is 3.84. The fraction of sp³-hybridized carbons (Fsp3) is 0.167. The number of methoxy groups -OCH3 is 1. The second-order valence-corrected chi connectivity index (χ2v) is 8.19. The van der Waals surface area contributed by atoms with Gasteiger partial charge in [-0.15, -0.1) is 11.3 Å². The van der Waals surface area contributed by atoms with E-state index in [1.165, 1.54) is 23.3 Å². The Balaban J connectivity index is 1.95. The van der Waals surface area contributed by atoms with Crippen LogP contribution in [0.25, 0.3) is 5.76 Å². The number of rotatable bonds is 4. The van der Waals surface area contributed by atoms with Crippen LogP contribution in [0.4, 0.5) is 5.69 Å². The average Bonchev–Trinajstić information content (AvgIpc) is 3.37. The maximum atomic E-state index is 13.2. The number of aryl methyl sites for hydroxylation is 2. The topological polar surface area (TPSA) is 66.8 Å². The Morgan fingerprint density at radius 1 is 1.07 bits per heavy atom. The molecule has 4 rings (SSSR count). The maximum Gasteiger partial charge on any atom is 0.300 e. The van der Waals surface area contributed by atoms with E-state index in [1.807, 2.05) is 49.6 Å². The molecule has 2 aromatic carbocycles. The zero-order valence-electron chi connectivity index (χ0n) is 16.9. The zero-order valence-corrected chi connectivity index (χ0v) is 17.7. The van der Waals surface area contributed by atoms with Crippen molar-refractivity contribution in [2.45, 2.75) is 19.9 Å². The molecule has 1 N–H and O–H groups in total. The molecular formula is C24H21NO4S. The number of hydrogen-bond acceptors (Lipinski definition) is 5. The molecule has 2 heterocycles. The minimum absolute atomic E-state index is 0.0802. The van der Waals surface area contributed by atoms with E-state index in [-0.39, 0.29) is 11.3 Å². The van der Waals surface area contributed by atoms with Crippen LogP contribution in [0.5, 0.6) is 5.75 Å². The van der Waals surface area contributed by atoms with E-state index in [9.17, 15) is 14.7 Å². The van der Waals surface area contributed by atoms with E-state index in [4.69, 9.17) is 4.74 Å². The molecular weight excluding hydrogens is 398 g/mol. The van der Waals surface area contributed by atoms with Crippen molar-refractivity contribution in [1.29, 1.82) is 0 Å². The minimum Gasteiger partial charge on any atom is -0.507 e. The number of benzene rings is 2. The lowest BCUT2D eigenvalue weighted by Gasteiger charge is -2.26. The monoisotopic (exact) mass is 419 g/mol. The molecule has 30 heavy (non-hydrogen) atoms. The highest BCUT2D eigenvalue weighted by Crippen LogP contribution is 2.44. The largest absolute Gasteiger partial charge is 0.507 e. The standard InChI is InChI=1S/C24H21NO4S/c1-14-9-10-15(2)18(12-14)25-21(19-8-5-11-30-19)20(23(27)24(25)28)22(26)16-6-4-7-17(13-16)29-3/h4-13,21,26H,1-3H3/b22-20-. The van der Waals surface area contributed by atoms with E-state index >= 15 is 0 Å². The lowest BCUT2D eigenvalue weighted by Crippen LogP contribution is -2.29. The van der Waals surface area contributed by atoms with Crippen LogP contribution in [0.1, 0.15) is 27.6 Å². The summed E-state index contributed by atoms with van der Waals surface area (Å²) in [6, 6.07) is 15.7. The molecule has 1 amide bonds. The van der Waals surface area contributed by atoms with Gasteiger partial charge in [0.15, 0.2) is 0 Å². The SMILES string of the molecule is COc1cccc(/C(O)=C2/C(=O)C(=O)N(c3cc(C)ccc3C)C2c2cccs2)c1. The molecule has 0 bridgehead atoms. The Labute approximate surface area is 178 Å². The third-order valence-electron chi connectivity index (χ3n) is 5.22. The normalized spacial score (nSPS) is 18.1. The fourth-order valence-electron chi connectivity index (χ4n) is 3.70. The predicted octanol–water partition coefficient (Wildman–Crippen LogP) is 5.00. The molecule has 1 fully saturated rings. The second-order valence-electron chi connectivity index (χ2n) is 7.21. The summed E-state index contributed by atoms with van der Waals surface area (Å²) < 4.78 is 5.24. The van der Waals surface area contributed by atoms with Gasteiger partial charge in [-0.05, 0) is 54.6 Å². The smallest absolute Gasteiger partial charge is 0.300 e. The Bertz CT molecular complexity index is 1160. The Morgan fingerprint density at radius 2 is 1.87 bits per heavy atom. The molecule has 0 aliphatic carbocycles. The summed E-state index contributed by atoms with van der Waals surface area (Å²) >= 11 is 1.44. The molecule has 6 heteroatoms. The third-order valence-corrected chi connectivity index (χ3v) is 6.15. The van der Waals surface area contributed by atoms with Crippen LogP contribution in [0.2, 0.25) is 0 Å². The molecule has 3 aromatic rings. The van der Waals surface area contributed by atoms with Crippen molar-refractivity contribution in [2.24, 2.45) is 0 Å². The molecule has 1 aromatic heterocycles. The van der Waals surface area contributed by atoms with Crippen molar-refractivity contribution >= 4 is 34.5 Å². The first-order chi connectivity index (χ1) is 14.4. The number of aliphatic hydroxyl groups is 1. The van der Waals surface area contributed by atoms with Gasteiger partial charge in [-0.3, -0.25) is 14.5 Å². The number of thiophene rings is 1. The molecule has 1 atom stereocenters. The molecule has 1 unspecified atom stereocenters. The predicted molar refractivity (Wildman–Crippen MR) is 118 cm³/mol. The number of aliphatic hydroxyl groups excluding tert-OH is 1. The number of nitrogens with zero attached hydrogens (tertiary/aromatic N) is 1. The molecule has 0 saturated carbocycles. The minimum atomic E-state index is -0.699. The highest BCUT2D eigenvalue weighted by molar-refractivity contribution is 7.10. The lowest BCUT2D eigenvalue weighted by atomic mass is 9.99. The summed E-state index contributed by atoms with van der Waals surface area (Å²) in [7, 11) is 1.53. The third kappa shape index (κ3) is 3.29. The fourth-order valence-corrected chi connectivity index (χ4v) is 4.53. The average molecular weight is 420 g/mol. The molecule has 0 radical (unpaired) electrons. The van der Waals surface area contributed by atoms with Gasteiger partial charge in [-0.1, -0.05) is 30.3 Å². The number of carbonyl (C=O) groups is 2. The van der Waals surface area contributed by atoms with Crippen molar-refractivity contribution in [3.05, 3.63) is 87.1 Å². The quantitative estimate of drug-likeness (QED) is 0.367. The highest BCUT2D eigenvalue weighted by Gasteiger charge is 2.47. The Morgan fingerprint density at radius 3 is 2.57 bits per heavy atom. The molecule has 152 valence electrons. The van der Waals surface area contributed by atoms with Crippen LogP contribution in [-0.4, -0.2) is 23.9 Å². The molecule has 1 saturated heterocycles. The van der Waals surface area contributed by atoms with E-state index in [0.29, 0.717) is 17.0 Å². The first kappa shape index (κ1) is 19.9. The van der Waals surface area contributed by atoms with E-state index in [0.717, 1.165) is 16.0 Å². The summed E-state index contributed by atoms with van der Waals surface area (Å²) in [5.74, 6) is -1.00. The van der Waals surface area contributed by atoms with E-state index < -0.39 is 17.7 Å². The van der Waals surface area contributed by atoms with Gasteiger partial charge in [0, 0.05) is 16.1 Å². The molecule has 1 aliphatic heterocycles. The van der Waals surface area contributed by atoms with Gasteiger partial charge >= 0.3 is 0 Å². The maximum absolute atomic E-state index is 13.2. The summed E-state index contributed by atoms with van der Waals surface area (Å²) in [5.41, 5.74) is 3.03. The molecule has 0 spiro atoms. The highest BCUT2D eigenvalue weighted by atomic mass is 32.1. The van der Waals surface area contributed by atoms with Crippen LogP contribution in [0.3, 0.4) is 0 Å². The van der Waals surface area contributed by atoms with Crippen LogP contribution < -0.4 is 9.64 Å². The number of hydrogen-bond donors (Lipinski definition) is 1. The second kappa shape index (κ2) is 7.80. The Kier molecular flexibility index (Phi) is 5.18. The summed E-state index contributed by atoms with van der Waals surface area (Å²) in [5, 5.41) is 13.0. The lowest BCUT2D eigenvalue weighted by molar-refractivity contribution is -0.132.